The van der Waals surface area contributed by atoms with Gasteiger partial charge in [0.1, 0.15) is 11.3 Å². The van der Waals surface area contributed by atoms with Crippen molar-refractivity contribution in [1.29, 1.82) is 0 Å². The minimum atomic E-state index is -0.842. The average molecular weight is 207 g/mol. The van der Waals surface area contributed by atoms with Crippen LogP contribution in [0.3, 0.4) is 0 Å². The van der Waals surface area contributed by atoms with E-state index in [4.69, 9.17) is 0 Å². The second-order valence-corrected chi connectivity index (χ2v) is 2.40. The molecule has 71 valence electrons. The van der Waals surface area contributed by atoms with Gasteiger partial charge in [-0.05, 0) is 12.1 Å². The fourth-order valence-corrected chi connectivity index (χ4v) is 0.832. The normalized spacial score (nSPS) is 8.64. The highest BCUT2D eigenvalue weighted by atomic mass is 27.0. The van der Waals surface area contributed by atoms with Crippen molar-refractivity contribution in [3.8, 4) is 5.75 Å². The topological polar surface area (TPSA) is 63.6 Å². The molecule has 1 aromatic carbocycles. The first-order valence-electron chi connectivity index (χ1n) is 3.62. The lowest BCUT2D eigenvalue weighted by atomic mass is 10.2. The van der Waals surface area contributed by atoms with Gasteiger partial charge in [0.25, 0.3) is 0 Å². The molecule has 0 aliphatic heterocycles. The smallest absolute Gasteiger partial charge is 0.349 e. The molecule has 0 spiro atoms. The zero-order valence-corrected chi connectivity index (χ0v) is 8.71. The van der Waals surface area contributed by atoms with Crippen LogP contribution in [0, 0.1) is 0 Å². The number of phenols is 1. The van der Waals surface area contributed by atoms with Crippen molar-refractivity contribution in [2.45, 2.75) is 6.92 Å². The molecule has 0 fully saturated rings. The minimum Gasteiger partial charge on any atom is -0.507 e. The fraction of sp³-hybridized carbons (Fsp3) is 0.111. The molecular formula is C9H8AlO4. The Hall–Kier alpha value is -1.31. The Morgan fingerprint density at radius 2 is 1.86 bits per heavy atom. The zero-order valence-electron chi connectivity index (χ0n) is 7.56. The van der Waals surface area contributed by atoms with Crippen LogP contribution in [-0.4, -0.2) is 34.4 Å². The molecule has 1 rings (SSSR count). The molecule has 1 aromatic rings. The van der Waals surface area contributed by atoms with E-state index < -0.39 is 11.9 Å². The van der Waals surface area contributed by atoms with Crippen molar-refractivity contribution < 1.29 is 19.4 Å². The van der Waals surface area contributed by atoms with E-state index >= 15 is 0 Å². The minimum absolute atomic E-state index is 0. The maximum atomic E-state index is 11.1. The highest BCUT2D eigenvalue weighted by molar-refractivity contribution is 5.98. The van der Waals surface area contributed by atoms with Crippen LogP contribution < -0.4 is 0 Å². The molecule has 0 aliphatic rings. The Kier molecular flexibility index (Phi) is 4.92. The molecule has 0 amide bonds. The van der Waals surface area contributed by atoms with E-state index in [0.29, 0.717) is 0 Å². The summed E-state index contributed by atoms with van der Waals surface area (Å²) in [5, 5.41) is 9.18. The monoisotopic (exact) mass is 207 g/mol. The predicted octanol–water partition coefficient (Wildman–Crippen LogP) is 0.715. The van der Waals surface area contributed by atoms with Crippen molar-refractivity contribution in [3.05, 3.63) is 29.8 Å². The Morgan fingerprint density at radius 1 is 1.29 bits per heavy atom. The number of benzene rings is 1. The number of carbonyl (C=O) groups excluding carboxylic acids is 2. The van der Waals surface area contributed by atoms with Gasteiger partial charge in [-0.1, -0.05) is 12.1 Å². The van der Waals surface area contributed by atoms with E-state index in [1.54, 1.807) is 12.1 Å². The molecular weight excluding hydrogens is 199 g/mol. The molecule has 1 N–H and O–H groups in total. The van der Waals surface area contributed by atoms with Crippen LogP contribution in [0.2, 0.25) is 0 Å². The van der Waals surface area contributed by atoms with E-state index in [2.05, 4.69) is 4.74 Å². The third kappa shape index (κ3) is 3.21. The van der Waals surface area contributed by atoms with Crippen molar-refractivity contribution in [1.82, 2.24) is 0 Å². The molecule has 0 aliphatic carbocycles. The molecule has 5 heteroatoms. The third-order valence-electron chi connectivity index (χ3n) is 1.36. The summed E-state index contributed by atoms with van der Waals surface area (Å²) in [4.78, 5) is 21.5. The van der Waals surface area contributed by atoms with Gasteiger partial charge in [-0.2, -0.15) is 0 Å². The number of carbonyl (C=O) groups is 2. The van der Waals surface area contributed by atoms with E-state index in [-0.39, 0.29) is 28.7 Å². The van der Waals surface area contributed by atoms with Crippen molar-refractivity contribution >= 4 is 29.3 Å². The molecule has 0 saturated carbocycles. The molecule has 14 heavy (non-hydrogen) atoms. The Labute approximate surface area is 91.6 Å². The summed E-state index contributed by atoms with van der Waals surface area (Å²) in [5.41, 5.74) is -0.0160. The van der Waals surface area contributed by atoms with Gasteiger partial charge >= 0.3 is 11.9 Å². The molecule has 0 saturated heterocycles. The molecule has 0 aromatic heterocycles. The molecule has 0 heterocycles. The highest BCUT2D eigenvalue weighted by Crippen LogP contribution is 2.16. The van der Waals surface area contributed by atoms with Gasteiger partial charge in [0.2, 0.25) is 0 Å². The second-order valence-electron chi connectivity index (χ2n) is 2.40. The zero-order chi connectivity index (χ0) is 9.84. The van der Waals surface area contributed by atoms with Gasteiger partial charge < -0.3 is 9.84 Å². The molecule has 4 nitrogen and oxygen atoms in total. The number of para-hydroxylation sites is 1. The van der Waals surface area contributed by atoms with Crippen LogP contribution in [0.25, 0.3) is 0 Å². The Bertz CT molecular complexity index is 348. The summed E-state index contributed by atoms with van der Waals surface area (Å²) in [7, 11) is 0. The average Bonchev–Trinajstić information content (AvgIpc) is 2.03. The van der Waals surface area contributed by atoms with Gasteiger partial charge in [0.15, 0.2) is 0 Å². The Balaban J connectivity index is 0.00000169. The lowest BCUT2D eigenvalue weighted by molar-refractivity contribution is -0.135. The number of ether oxygens (including phenoxy) is 1. The fourth-order valence-electron chi connectivity index (χ4n) is 0.832. The summed E-state index contributed by atoms with van der Waals surface area (Å²) in [6.07, 6.45) is 0. The van der Waals surface area contributed by atoms with Gasteiger partial charge in [-0.15, -0.1) is 0 Å². The second kappa shape index (κ2) is 5.43. The van der Waals surface area contributed by atoms with Gasteiger partial charge in [0.05, 0.1) is 0 Å². The summed E-state index contributed by atoms with van der Waals surface area (Å²) in [5.74, 6) is -1.74. The SMILES string of the molecule is CC(=O)OC(=O)c1ccccc1O.[Al]. The lowest BCUT2D eigenvalue weighted by Crippen LogP contribution is -2.09. The van der Waals surface area contributed by atoms with Crippen LogP contribution in [-0.2, 0) is 9.53 Å². The number of aromatic hydroxyl groups is 1. The molecule has 0 unspecified atom stereocenters. The summed E-state index contributed by atoms with van der Waals surface area (Å²) >= 11 is 0. The van der Waals surface area contributed by atoms with Crippen LogP contribution in [0.4, 0.5) is 0 Å². The quantitative estimate of drug-likeness (QED) is 0.418. The Morgan fingerprint density at radius 3 is 2.36 bits per heavy atom. The lowest BCUT2D eigenvalue weighted by Gasteiger charge is -2.01. The van der Waals surface area contributed by atoms with Crippen LogP contribution in [0.5, 0.6) is 5.75 Å². The first-order valence-corrected chi connectivity index (χ1v) is 3.62. The van der Waals surface area contributed by atoms with Crippen LogP contribution in [0.15, 0.2) is 24.3 Å². The van der Waals surface area contributed by atoms with Gasteiger partial charge in [-0.25, -0.2) is 4.79 Å². The molecule has 0 bridgehead atoms. The number of hydrogen-bond donors (Lipinski definition) is 1. The van der Waals surface area contributed by atoms with E-state index in [1.807, 2.05) is 0 Å². The number of hydrogen-bond acceptors (Lipinski definition) is 4. The van der Waals surface area contributed by atoms with Crippen molar-refractivity contribution in [3.63, 3.8) is 0 Å². The number of phenolic OH excluding ortho intramolecular Hbond substituents is 1. The van der Waals surface area contributed by atoms with E-state index in [9.17, 15) is 14.7 Å². The van der Waals surface area contributed by atoms with E-state index in [0.717, 1.165) is 6.92 Å². The standard InChI is InChI=1S/C9H8O4.Al/c1-6(10)13-9(12)7-4-2-3-5-8(7)11;/h2-5,11H,1H3;. The number of rotatable bonds is 1. The third-order valence-corrected chi connectivity index (χ3v) is 1.36. The van der Waals surface area contributed by atoms with Crippen molar-refractivity contribution in [2.75, 3.05) is 0 Å². The predicted molar refractivity (Wildman–Crippen MR) is 50.0 cm³/mol. The summed E-state index contributed by atoms with van der Waals surface area (Å²) < 4.78 is 4.28. The maximum Gasteiger partial charge on any atom is 0.349 e. The van der Waals surface area contributed by atoms with Crippen LogP contribution >= 0.6 is 0 Å². The van der Waals surface area contributed by atoms with E-state index in [1.165, 1.54) is 12.1 Å². The molecule has 0 atom stereocenters. The molecule has 3 radical (unpaired) electrons. The largest absolute Gasteiger partial charge is 0.507 e. The van der Waals surface area contributed by atoms with Gasteiger partial charge in [0, 0.05) is 24.3 Å². The maximum absolute atomic E-state index is 11.1. The first-order chi connectivity index (χ1) is 6.11. The summed E-state index contributed by atoms with van der Waals surface area (Å²) in [6, 6.07) is 5.85. The van der Waals surface area contributed by atoms with Gasteiger partial charge in [-0.3, -0.25) is 4.79 Å². The highest BCUT2D eigenvalue weighted by Gasteiger charge is 2.12. The first kappa shape index (κ1) is 12.7. The summed E-state index contributed by atoms with van der Waals surface area (Å²) in [6.45, 7) is 1.12. The van der Waals surface area contributed by atoms with Crippen LogP contribution in [0.1, 0.15) is 17.3 Å². The number of esters is 2. The van der Waals surface area contributed by atoms with Crippen molar-refractivity contribution in [2.24, 2.45) is 0 Å².